The van der Waals surface area contributed by atoms with Crippen LogP contribution in [0.1, 0.15) is 6.42 Å². The number of carboxylic acid groups (broad SMARTS) is 1. The van der Waals surface area contributed by atoms with Crippen molar-refractivity contribution in [3.63, 3.8) is 0 Å². The fourth-order valence-electron chi connectivity index (χ4n) is 2.44. The monoisotopic (exact) mass is 213 g/mol. The van der Waals surface area contributed by atoms with Gasteiger partial charge >= 0.3 is 5.97 Å². The van der Waals surface area contributed by atoms with Crippen molar-refractivity contribution in [3.8, 4) is 0 Å². The summed E-state index contributed by atoms with van der Waals surface area (Å²) in [5, 5.41) is 12.1. The van der Waals surface area contributed by atoms with Crippen molar-refractivity contribution >= 4 is 5.97 Å². The average molecular weight is 213 g/mol. The summed E-state index contributed by atoms with van der Waals surface area (Å²) in [5.74, 6) is -0.685. The molecule has 15 heavy (non-hydrogen) atoms. The highest BCUT2D eigenvalue weighted by atomic mass is 16.4. The second-order valence-corrected chi connectivity index (χ2v) is 4.69. The number of hydrogen-bond donors (Lipinski definition) is 2. The third-order valence-electron chi connectivity index (χ3n) is 3.56. The molecule has 0 atom stereocenters. The number of likely N-dealkylation sites (N-methyl/N-ethyl adjacent to an activating group) is 1. The molecule has 0 unspecified atom stereocenters. The molecule has 2 N–H and O–H groups in total. The average Bonchev–Trinajstić information content (AvgIpc) is 2.13. The maximum Gasteiger partial charge on any atom is 0.305 e. The second kappa shape index (κ2) is 4.08. The van der Waals surface area contributed by atoms with Gasteiger partial charge in [-0.3, -0.25) is 9.69 Å². The van der Waals surface area contributed by atoms with Crippen molar-refractivity contribution < 1.29 is 9.90 Å². The van der Waals surface area contributed by atoms with Crippen LogP contribution < -0.4 is 5.32 Å². The number of rotatable bonds is 3. The summed E-state index contributed by atoms with van der Waals surface area (Å²) < 4.78 is 0. The van der Waals surface area contributed by atoms with Gasteiger partial charge in [0.1, 0.15) is 0 Å². The van der Waals surface area contributed by atoms with Crippen LogP contribution >= 0.6 is 0 Å². The van der Waals surface area contributed by atoms with E-state index in [0.717, 1.165) is 39.3 Å². The minimum absolute atomic E-state index is 0.104. The van der Waals surface area contributed by atoms with Gasteiger partial charge in [0.15, 0.2) is 0 Å². The maximum absolute atomic E-state index is 10.8. The van der Waals surface area contributed by atoms with Gasteiger partial charge in [-0.1, -0.05) is 0 Å². The quantitative estimate of drug-likeness (QED) is 0.633. The van der Waals surface area contributed by atoms with Gasteiger partial charge in [-0.25, -0.2) is 0 Å². The maximum atomic E-state index is 10.8. The molecule has 0 bridgehead atoms. The third-order valence-corrected chi connectivity index (χ3v) is 3.56. The molecule has 2 saturated heterocycles. The highest BCUT2D eigenvalue weighted by molar-refractivity contribution is 5.68. The molecule has 0 aromatic heterocycles. The predicted molar refractivity (Wildman–Crippen MR) is 56.9 cm³/mol. The van der Waals surface area contributed by atoms with Crippen molar-refractivity contribution in [3.05, 3.63) is 0 Å². The number of aliphatic carboxylic acids is 1. The molecule has 2 aliphatic heterocycles. The lowest BCUT2D eigenvalue weighted by atomic mass is 9.86. The van der Waals surface area contributed by atoms with Gasteiger partial charge in [0, 0.05) is 39.3 Å². The Balaban J connectivity index is 1.97. The van der Waals surface area contributed by atoms with Crippen LogP contribution in [0.5, 0.6) is 0 Å². The fourth-order valence-corrected chi connectivity index (χ4v) is 2.44. The van der Waals surface area contributed by atoms with Crippen LogP contribution in [0.25, 0.3) is 0 Å². The van der Waals surface area contributed by atoms with E-state index in [9.17, 15) is 4.79 Å². The number of nitrogens with zero attached hydrogens (tertiary/aromatic N) is 2. The Hall–Kier alpha value is -0.650. The van der Waals surface area contributed by atoms with Crippen molar-refractivity contribution in [1.29, 1.82) is 0 Å². The van der Waals surface area contributed by atoms with E-state index in [1.165, 1.54) is 0 Å². The number of carbonyl (C=O) groups is 1. The van der Waals surface area contributed by atoms with E-state index in [2.05, 4.69) is 22.2 Å². The first-order chi connectivity index (χ1) is 7.12. The molecule has 2 rings (SSSR count). The highest BCUT2D eigenvalue weighted by Gasteiger charge is 2.44. The Kier molecular flexibility index (Phi) is 2.95. The molecule has 0 saturated carbocycles. The Labute approximate surface area is 90.0 Å². The van der Waals surface area contributed by atoms with Gasteiger partial charge in [0.25, 0.3) is 0 Å². The molecule has 0 aromatic rings. The molecule has 0 amide bonds. The lowest BCUT2D eigenvalue weighted by molar-refractivity contribution is -0.142. The van der Waals surface area contributed by atoms with E-state index >= 15 is 0 Å². The van der Waals surface area contributed by atoms with Crippen molar-refractivity contribution in [1.82, 2.24) is 15.1 Å². The van der Waals surface area contributed by atoms with Gasteiger partial charge in [-0.2, -0.15) is 0 Å². The first kappa shape index (κ1) is 10.9. The van der Waals surface area contributed by atoms with E-state index in [1.54, 1.807) is 0 Å². The van der Waals surface area contributed by atoms with Crippen molar-refractivity contribution in [2.75, 3.05) is 46.3 Å². The van der Waals surface area contributed by atoms with Gasteiger partial charge < -0.3 is 15.3 Å². The van der Waals surface area contributed by atoms with E-state index in [-0.39, 0.29) is 12.0 Å². The zero-order valence-corrected chi connectivity index (χ0v) is 9.20. The van der Waals surface area contributed by atoms with Crippen LogP contribution in [0.15, 0.2) is 0 Å². The minimum atomic E-state index is -0.685. The second-order valence-electron chi connectivity index (χ2n) is 4.69. The SMILES string of the molecule is CN1CCN(C2(CC(=O)O)CNC2)CC1. The molecular weight excluding hydrogens is 194 g/mol. The molecule has 0 radical (unpaired) electrons. The third kappa shape index (κ3) is 2.14. The first-order valence-electron chi connectivity index (χ1n) is 5.48. The van der Waals surface area contributed by atoms with E-state index in [0.29, 0.717) is 0 Å². The summed E-state index contributed by atoms with van der Waals surface area (Å²) in [6.07, 6.45) is 0.268. The zero-order valence-electron chi connectivity index (χ0n) is 9.20. The Morgan fingerprint density at radius 3 is 2.33 bits per heavy atom. The van der Waals surface area contributed by atoms with E-state index in [4.69, 9.17) is 5.11 Å². The summed E-state index contributed by atoms with van der Waals surface area (Å²) in [6, 6.07) is 0. The largest absolute Gasteiger partial charge is 0.481 e. The molecule has 86 valence electrons. The number of piperazine rings is 1. The predicted octanol–water partition coefficient (Wildman–Crippen LogP) is -0.949. The van der Waals surface area contributed by atoms with Gasteiger partial charge in [0.05, 0.1) is 12.0 Å². The Morgan fingerprint density at radius 1 is 1.33 bits per heavy atom. The molecule has 2 fully saturated rings. The van der Waals surface area contributed by atoms with Crippen LogP contribution in [-0.4, -0.2) is 72.7 Å². The molecule has 2 aliphatic rings. The number of nitrogens with one attached hydrogen (secondary N) is 1. The van der Waals surface area contributed by atoms with Gasteiger partial charge in [-0.05, 0) is 7.05 Å². The Bertz CT molecular complexity index is 245. The van der Waals surface area contributed by atoms with Crippen LogP contribution in [0.3, 0.4) is 0 Å². The smallest absolute Gasteiger partial charge is 0.305 e. The molecule has 5 heteroatoms. The molecule has 5 nitrogen and oxygen atoms in total. The molecule has 0 spiro atoms. The van der Waals surface area contributed by atoms with Crippen LogP contribution in [0.4, 0.5) is 0 Å². The first-order valence-corrected chi connectivity index (χ1v) is 5.48. The van der Waals surface area contributed by atoms with Crippen molar-refractivity contribution in [2.24, 2.45) is 0 Å². The summed E-state index contributed by atoms with van der Waals surface area (Å²) in [6.45, 7) is 5.71. The van der Waals surface area contributed by atoms with Crippen LogP contribution in [0, 0.1) is 0 Å². The molecule has 2 heterocycles. The number of carboxylic acids is 1. The molecular formula is C10H19N3O2. The fraction of sp³-hybridized carbons (Fsp3) is 0.900. The summed E-state index contributed by atoms with van der Waals surface area (Å²) in [4.78, 5) is 15.5. The molecule has 0 aromatic carbocycles. The molecule has 0 aliphatic carbocycles. The minimum Gasteiger partial charge on any atom is -0.481 e. The van der Waals surface area contributed by atoms with Gasteiger partial charge in [-0.15, -0.1) is 0 Å². The number of hydrogen-bond acceptors (Lipinski definition) is 4. The standard InChI is InChI=1S/C10H19N3O2/c1-12-2-4-13(5-3-12)10(6-9(14)15)7-11-8-10/h11H,2-8H2,1H3,(H,14,15). The topological polar surface area (TPSA) is 55.8 Å². The lowest BCUT2D eigenvalue weighted by Crippen LogP contribution is -2.71. The van der Waals surface area contributed by atoms with E-state index < -0.39 is 5.97 Å². The summed E-state index contributed by atoms with van der Waals surface area (Å²) in [7, 11) is 2.11. The van der Waals surface area contributed by atoms with Crippen LogP contribution in [0.2, 0.25) is 0 Å². The van der Waals surface area contributed by atoms with Crippen molar-refractivity contribution in [2.45, 2.75) is 12.0 Å². The van der Waals surface area contributed by atoms with Gasteiger partial charge in [0.2, 0.25) is 0 Å². The Morgan fingerprint density at radius 2 is 1.93 bits per heavy atom. The van der Waals surface area contributed by atoms with Crippen LogP contribution in [-0.2, 0) is 4.79 Å². The summed E-state index contributed by atoms with van der Waals surface area (Å²) in [5.41, 5.74) is -0.104. The summed E-state index contributed by atoms with van der Waals surface area (Å²) >= 11 is 0. The zero-order chi connectivity index (χ0) is 10.9. The van der Waals surface area contributed by atoms with E-state index in [1.807, 2.05) is 0 Å². The lowest BCUT2D eigenvalue weighted by Gasteiger charge is -2.52. The highest BCUT2D eigenvalue weighted by Crippen LogP contribution is 2.25. The normalized spacial score (nSPS) is 27.3.